The summed E-state index contributed by atoms with van der Waals surface area (Å²) in [5, 5.41) is 12.1. The van der Waals surface area contributed by atoms with E-state index in [1.165, 1.54) is 0 Å². The first-order valence-electron chi connectivity index (χ1n) is 5.79. The Morgan fingerprint density at radius 2 is 1.94 bits per heavy atom. The van der Waals surface area contributed by atoms with Gasteiger partial charge in [0.05, 0.1) is 0 Å². The van der Waals surface area contributed by atoms with Gasteiger partial charge in [0.25, 0.3) is 0 Å². The molecule has 4 nitrogen and oxygen atoms in total. The summed E-state index contributed by atoms with van der Waals surface area (Å²) in [5.41, 5.74) is 7.66. The maximum absolute atomic E-state index is 10.7. The molecule has 0 fully saturated rings. The van der Waals surface area contributed by atoms with Gasteiger partial charge < -0.3 is 16.2 Å². The van der Waals surface area contributed by atoms with Gasteiger partial charge in [-0.3, -0.25) is 4.79 Å². The van der Waals surface area contributed by atoms with Crippen molar-refractivity contribution in [2.45, 2.75) is 38.9 Å². The van der Waals surface area contributed by atoms with Crippen LogP contribution in [0.25, 0.3) is 0 Å². The second-order valence-electron chi connectivity index (χ2n) is 4.45. The van der Waals surface area contributed by atoms with E-state index in [1.807, 2.05) is 24.3 Å². The normalized spacial score (nSPS) is 12.7. The van der Waals surface area contributed by atoms with Crippen molar-refractivity contribution in [1.29, 1.82) is 0 Å². The van der Waals surface area contributed by atoms with Gasteiger partial charge in [-0.25, -0.2) is 0 Å². The molecule has 17 heavy (non-hydrogen) atoms. The fourth-order valence-corrected chi connectivity index (χ4v) is 1.57. The second-order valence-corrected chi connectivity index (χ2v) is 4.45. The van der Waals surface area contributed by atoms with Gasteiger partial charge in [0.2, 0.25) is 0 Å². The van der Waals surface area contributed by atoms with Crippen molar-refractivity contribution in [2.75, 3.05) is 0 Å². The molecular weight excluding hydrogens is 216 g/mol. The van der Waals surface area contributed by atoms with Crippen LogP contribution >= 0.6 is 0 Å². The van der Waals surface area contributed by atoms with E-state index in [0.717, 1.165) is 17.7 Å². The van der Waals surface area contributed by atoms with Crippen molar-refractivity contribution in [3.8, 4) is 0 Å². The Labute approximate surface area is 102 Å². The highest BCUT2D eigenvalue weighted by Gasteiger charge is 2.14. The molecular formula is C13H20N2O2. The van der Waals surface area contributed by atoms with Crippen LogP contribution in [0.15, 0.2) is 24.3 Å². The molecule has 0 aliphatic heterocycles. The van der Waals surface area contributed by atoms with E-state index in [0.29, 0.717) is 12.5 Å². The van der Waals surface area contributed by atoms with E-state index in [-0.39, 0.29) is 0 Å². The van der Waals surface area contributed by atoms with Gasteiger partial charge in [-0.2, -0.15) is 0 Å². The minimum absolute atomic E-state index is 0.366. The molecule has 0 bridgehead atoms. The van der Waals surface area contributed by atoms with Crippen LogP contribution in [0.2, 0.25) is 0 Å². The summed E-state index contributed by atoms with van der Waals surface area (Å²) >= 11 is 0. The molecule has 1 rings (SSSR count). The zero-order valence-corrected chi connectivity index (χ0v) is 10.3. The number of carbonyl (C=O) groups is 1. The van der Waals surface area contributed by atoms with Gasteiger partial charge in [-0.15, -0.1) is 0 Å². The highest BCUT2D eigenvalue weighted by molar-refractivity contribution is 5.73. The van der Waals surface area contributed by atoms with Crippen molar-refractivity contribution in [1.82, 2.24) is 5.32 Å². The first kappa shape index (κ1) is 13.7. The third kappa shape index (κ3) is 4.54. The molecule has 0 radical (unpaired) electrons. The van der Waals surface area contributed by atoms with E-state index in [2.05, 4.69) is 19.2 Å². The fraction of sp³-hybridized carbons (Fsp3) is 0.462. The Balaban J connectivity index is 2.73. The number of benzene rings is 1. The minimum atomic E-state index is -0.961. The molecule has 4 heteroatoms. The quantitative estimate of drug-likeness (QED) is 0.692. The molecule has 94 valence electrons. The Morgan fingerprint density at radius 3 is 2.47 bits per heavy atom. The Kier molecular flexibility index (Phi) is 5.12. The predicted molar refractivity (Wildman–Crippen MR) is 67.7 cm³/mol. The summed E-state index contributed by atoms with van der Waals surface area (Å²) in [6.45, 7) is 4.89. The first-order valence-corrected chi connectivity index (χ1v) is 5.79. The van der Waals surface area contributed by atoms with Crippen molar-refractivity contribution in [2.24, 2.45) is 5.73 Å². The summed E-state index contributed by atoms with van der Waals surface area (Å²) in [5.74, 6) is -0.961. The highest BCUT2D eigenvalue weighted by atomic mass is 16.4. The predicted octanol–water partition coefficient (Wildman–Crippen LogP) is 1.14. The summed E-state index contributed by atoms with van der Waals surface area (Å²) < 4.78 is 0. The van der Waals surface area contributed by atoms with Gasteiger partial charge in [0.15, 0.2) is 0 Å². The number of nitrogens with two attached hydrogens (primary N) is 1. The molecule has 0 saturated heterocycles. The van der Waals surface area contributed by atoms with Crippen molar-refractivity contribution in [3.05, 3.63) is 35.4 Å². The van der Waals surface area contributed by atoms with E-state index in [1.54, 1.807) is 0 Å². The molecule has 0 aromatic heterocycles. The molecule has 0 spiro atoms. The summed E-state index contributed by atoms with van der Waals surface area (Å²) in [7, 11) is 0. The molecule has 1 aromatic rings. The van der Waals surface area contributed by atoms with Gasteiger partial charge in [-0.05, 0) is 17.5 Å². The number of carboxylic acid groups (broad SMARTS) is 1. The number of nitrogens with one attached hydrogen (secondary N) is 1. The minimum Gasteiger partial charge on any atom is -0.480 e. The number of hydrogen-bond acceptors (Lipinski definition) is 3. The lowest BCUT2D eigenvalue weighted by atomic mass is 10.0. The summed E-state index contributed by atoms with van der Waals surface area (Å²) in [4.78, 5) is 10.7. The lowest BCUT2D eigenvalue weighted by Crippen LogP contribution is -2.33. The SMILES string of the molecule is CC(C)NCc1ccccc1CC(N)C(=O)O. The molecule has 0 aliphatic rings. The molecule has 1 aromatic carbocycles. The lowest BCUT2D eigenvalue weighted by Gasteiger charge is -2.14. The maximum Gasteiger partial charge on any atom is 0.320 e. The Bertz CT molecular complexity index is 377. The zero-order chi connectivity index (χ0) is 12.8. The topological polar surface area (TPSA) is 75.3 Å². The molecule has 0 aliphatic carbocycles. The zero-order valence-electron chi connectivity index (χ0n) is 10.3. The van der Waals surface area contributed by atoms with Crippen LogP contribution in [-0.2, 0) is 17.8 Å². The molecule has 4 N–H and O–H groups in total. The molecule has 0 amide bonds. The summed E-state index contributed by atoms with van der Waals surface area (Å²) in [6.07, 6.45) is 0.366. The molecule has 1 atom stereocenters. The Hall–Kier alpha value is -1.39. The number of rotatable bonds is 6. The van der Waals surface area contributed by atoms with Crippen LogP contribution in [0.3, 0.4) is 0 Å². The second kappa shape index (κ2) is 6.37. The van der Waals surface area contributed by atoms with Gasteiger partial charge in [0, 0.05) is 12.6 Å². The largest absolute Gasteiger partial charge is 0.480 e. The first-order chi connectivity index (χ1) is 8.00. The van der Waals surface area contributed by atoms with Crippen LogP contribution in [0.4, 0.5) is 0 Å². The molecule has 0 heterocycles. The monoisotopic (exact) mass is 236 g/mol. The van der Waals surface area contributed by atoms with Crippen molar-refractivity contribution < 1.29 is 9.90 Å². The van der Waals surface area contributed by atoms with E-state index in [4.69, 9.17) is 10.8 Å². The number of carboxylic acids is 1. The summed E-state index contributed by atoms with van der Waals surface area (Å²) in [6, 6.07) is 7.35. The van der Waals surface area contributed by atoms with Crippen LogP contribution in [0, 0.1) is 0 Å². The lowest BCUT2D eigenvalue weighted by molar-refractivity contribution is -0.138. The van der Waals surface area contributed by atoms with Gasteiger partial charge >= 0.3 is 5.97 Å². The number of aliphatic carboxylic acids is 1. The van der Waals surface area contributed by atoms with Crippen LogP contribution in [0.1, 0.15) is 25.0 Å². The third-order valence-electron chi connectivity index (χ3n) is 2.58. The Morgan fingerprint density at radius 1 is 1.35 bits per heavy atom. The van der Waals surface area contributed by atoms with E-state index < -0.39 is 12.0 Å². The average molecular weight is 236 g/mol. The van der Waals surface area contributed by atoms with E-state index >= 15 is 0 Å². The standard InChI is InChI=1S/C13H20N2O2/c1-9(2)15-8-11-6-4-3-5-10(11)7-12(14)13(16)17/h3-6,9,12,15H,7-8,14H2,1-2H3,(H,16,17). The maximum atomic E-state index is 10.7. The smallest absolute Gasteiger partial charge is 0.320 e. The van der Waals surface area contributed by atoms with Crippen LogP contribution in [-0.4, -0.2) is 23.2 Å². The van der Waals surface area contributed by atoms with Gasteiger partial charge in [-0.1, -0.05) is 38.1 Å². The fourth-order valence-electron chi connectivity index (χ4n) is 1.57. The highest BCUT2D eigenvalue weighted by Crippen LogP contribution is 2.11. The van der Waals surface area contributed by atoms with Crippen LogP contribution in [0.5, 0.6) is 0 Å². The van der Waals surface area contributed by atoms with E-state index in [9.17, 15) is 4.79 Å². The molecule has 1 unspecified atom stereocenters. The van der Waals surface area contributed by atoms with Crippen LogP contribution < -0.4 is 11.1 Å². The average Bonchev–Trinajstić information content (AvgIpc) is 2.27. The van der Waals surface area contributed by atoms with Crippen molar-refractivity contribution in [3.63, 3.8) is 0 Å². The third-order valence-corrected chi connectivity index (χ3v) is 2.58. The van der Waals surface area contributed by atoms with Gasteiger partial charge in [0.1, 0.15) is 6.04 Å². The van der Waals surface area contributed by atoms with Crippen molar-refractivity contribution >= 4 is 5.97 Å². The molecule has 0 saturated carbocycles. The number of hydrogen-bond donors (Lipinski definition) is 3.